The van der Waals surface area contributed by atoms with E-state index in [9.17, 15) is 29.6 Å². The number of oxime groups is 1. The van der Waals surface area contributed by atoms with Crippen molar-refractivity contribution in [3.63, 3.8) is 0 Å². The summed E-state index contributed by atoms with van der Waals surface area (Å²) in [6.45, 7) is 0. The topological polar surface area (TPSA) is 190 Å². The molecule has 1 unspecified atom stereocenters. The lowest BCUT2D eigenvalue weighted by atomic mass is 10.0. The summed E-state index contributed by atoms with van der Waals surface area (Å²) in [5.41, 5.74) is 6.39. The number of nitro groups is 1. The van der Waals surface area contributed by atoms with Crippen LogP contribution in [0.5, 0.6) is 0 Å². The highest BCUT2D eigenvalue weighted by Gasteiger charge is 2.54. The Bertz CT molecular complexity index is 1330. The Labute approximate surface area is 211 Å². The number of thioether (sulfide) groups is 1. The van der Waals surface area contributed by atoms with Crippen LogP contribution in [-0.2, 0) is 19.2 Å². The van der Waals surface area contributed by atoms with Gasteiger partial charge in [-0.2, -0.15) is 0 Å². The number of non-ortho nitro benzene ring substituents is 1. The molecule has 0 radical (unpaired) electrons. The Morgan fingerprint density at radius 1 is 1.36 bits per heavy atom. The van der Waals surface area contributed by atoms with E-state index in [1.807, 2.05) is 0 Å². The Balaban J connectivity index is 1.52. The lowest BCUT2D eigenvalue weighted by Crippen LogP contribution is -2.71. The van der Waals surface area contributed by atoms with Gasteiger partial charge >= 0.3 is 5.97 Å². The van der Waals surface area contributed by atoms with Gasteiger partial charge in [-0.05, 0) is 23.3 Å². The first kappa shape index (κ1) is 24.9. The van der Waals surface area contributed by atoms with Gasteiger partial charge in [0.15, 0.2) is 10.8 Å². The second-order valence-electron chi connectivity index (χ2n) is 7.42. The minimum atomic E-state index is -1.29. The fourth-order valence-corrected chi connectivity index (χ4v) is 5.44. The van der Waals surface area contributed by atoms with Crippen LogP contribution in [-0.4, -0.2) is 67.7 Å². The first-order valence-corrected chi connectivity index (χ1v) is 12.1. The molecule has 2 atom stereocenters. The number of carboxylic acids is 1. The van der Waals surface area contributed by atoms with Crippen molar-refractivity contribution in [1.82, 2.24) is 15.2 Å². The number of nitrogens with two attached hydrogens (primary N) is 1. The summed E-state index contributed by atoms with van der Waals surface area (Å²) in [5, 5.41) is 28.0. The zero-order valence-corrected chi connectivity index (χ0v) is 20.1. The molecule has 1 fully saturated rings. The molecule has 2 aromatic rings. The first-order chi connectivity index (χ1) is 17.2. The Kier molecular flexibility index (Phi) is 7.03. The van der Waals surface area contributed by atoms with Crippen LogP contribution < -0.4 is 11.1 Å². The average molecular weight is 531 g/mol. The van der Waals surface area contributed by atoms with E-state index in [-0.39, 0.29) is 33.7 Å². The van der Waals surface area contributed by atoms with E-state index in [2.05, 4.69) is 15.5 Å². The third-order valence-electron chi connectivity index (χ3n) is 5.23. The van der Waals surface area contributed by atoms with Crippen LogP contribution in [0, 0.1) is 10.1 Å². The van der Waals surface area contributed by atoms with E-state index in [1.165, 1.54) is 48.5 Å². The minimum absolute atomic E-state index is 0.0649. The molecule has 2 amide bonds. The van der Waals surface area contributed by atoms with Gasteiger partial charge in [0.1, 0.15) is 29.9 Å². The van der Waals surface area contributed by atoms with Crippen LogP contribution in [0.2, 0.25) is 0 Å². The summed E-state index contributed by atoms with van der Waals surface area (Å²) in [6, 6.07) is 4.76. The van der Waals surface area contributed by atoms with Gasteiger partial charge in [0, 0.05) is 23.3 Å². The zero-order valence-electron chi connectivity index (χ0n) is 18.5. The van der Waals surface area contributed by atoms with Crippen LogP contribution >= 0.6 is 23.1 Å². The first-order valence-electron chi connectivity index (χ1n) is 10.2. The predicted molar refractivity (Wildman–Crippen MR) is 132 cm³/mol. The maximum Gasteiger partial charge on any atom is 0.352 e. The number of amides is 2. The third kappa shape index (κ3) is 4.78. The molecule has 13 nitrogen and oxygen atoms in total. The fourth-order valence-electron chi connectivity index (χ4n) is 3.58. The number of carboxylic acid groups (broad SMARTS) is 1. The number of nitrogens with one attached hydrogen (secondary N) is 1. The normalized spacial score (nSPS) is 19.6. The Morgan fingerprint density at radius 2 is 2.08 bits per heavy atom. The number of nitrogen functional groups attached to an aromatic ring is 1. The van der Waals surface area contributed by atoms with Crippen LogP contribution in [0.25, 0.3) is 6.08 Å². The number of β-lactam (4-membered cyclic amide) rings is 1. The molecular formula is C21H18N6O7S2. The maximum absolute atomic E-state index is 12.9. The summed E-state index contributed by atoms with van der Waals surface area (Å²) < 4.78 is 0. The lowest BCUT2D eigenvalue weighted by molar-refractivity contribution is -0.384. The second kappa shape index (κ2) is 10.2. The SMILES string of the molecule is CON=C(C(=O)NC1C(=O)N2C(C(=O)O)=C(C=Cc3ccc([N+](=O)[O-])cc3)CS[C@@H]12)c1csc(N)n1. The Morgan fingerprint density at radius 3 is 2.67 bits per heavy atom. The number of thiazole rings is 1. The predicted octanol–water partition coefficient (Wildman–Crippen LogP) is 1.44. The number of aliphatic carboxylic acids is 1. The van der Waals surface area contributed by atoms with E-state index in [1.54, 1.807) is 12.2 Å². The number of hydrogen-bond donors (Lipinski definition) is 3. The molecule has 2 aliphatic heterocycles. The van der Waals surface area contributed by atoms with Gasteiger partial charge in [-0.3, -0.25) is 24.6 Å². The lowest BCUT2D eigenvalue weighted by Gasteiger charge is -2.49. The van der Waals surface area contributed by atoms with Crippen molar-refractivity contribution in [3.05, 3.63) is 68.4 Å². The molecule has 0 bridgehead atoms. The molecule has 0 saturated carbocycles. The number of benzene rings is 1. The second-order valence-corrected chi connectivity index (χ2v) is 9.41. The van der Waals surface area contributed by atoms with Crippen molar-refractivity contribution in [2.24, 2.45) is 5.16 Å². The molecule has 0 spiro atoms. The molecule has 1 saturated heterocycles. The summed E-state index contributed by atoms with van der Waals surface area (Å²) in [5.74, 6) is -2.34. The summed E-state index contributed by atoms with van der Waals surface area (Å²) in [6.07, 6.45) is 3.17. The number of carbonyl (C=O) groups excluding carboxylic acids is 2. The number of carbonyl (C=O) groups is 3. The molecule has 186 valence electrons. The van der Waals surface area contributed by atoms with E-state index in [4.69, 9.17) is 10.6 Å². The summed E-state index contributed by atoms with van der Waals surface area (Å²) in [4.78, 5) is 57.9. The molecule has 1 aromatic heterocycles. The van der Waals surface area contributed by atoms with Crippen LogP contribution in [0.4, 0.5) is 10.8 Å². The summed E-state index contributed by atoms with van der Waals surface area (Å²) in [7, 11) is 1.26. The van der Waals surface area contributed by atoms with Gasteiger partial charge in [0.25, 0.3) is 17.5 Å². The molecule has 3 heterocycles. The molecule has 2 aliphatic rings. The quantitative estimate of drug-likeness (QED) is 0.195. The number of rotatable bonds is 8. The molecule has 36 heavy (non-hydrogen) atoms. The number of nitrogens with zero attached hydrogens (tertiary/aromatic N) is 4. The maximum atomic E-state index is 12.9. The molecule has 15 heteroatoms. The van der Waals surface area contributed by atoms with Crippen molar-refractivity contribution in [3.8, 4) is 0 Å². The van der Waals surface area contributed by atoms with Crippen molar-refractivity contribution >= 4 is 63.5 Å². The number of anilines is 1. The number of aromatic nitrogens is 1. The zero-order chi connectivity index (χ0) is 26.0. The van der Waals surface area contributed by atoms with Crippen LogP contribution in [0.15, 0.2) is 52.1 Å². The highest BCUT2D eigenvalue weighted by Crippen LogP contribution is 2.40. The van der Waals surface area contributed by atoms with Crippen LogP contribution in [0.3, 0.4) is 0 Å². The van der Waals surface area contributed by atoms with Crippen molar-refractivity contribution < 1.29 is 29.3 Å². The van der Waals surface area contributed by atoms with Crippen molar-refractivity contribution in [2.45, 2.75) is 11.4 Å². The highest BCUT2D eigenvalue weighted by molar-refractivity contribution is 8.00. The van der Waals surface area contributed by atoms with E-state index in [0.717, 1.165) is 16.2 Å². The standard InChI is InChI=1S/C21H18N6O7S2/c1-34-25-14(13-9-36-21(22)23-13)17(28)24-15-18(29)26-16(20(30)31)11(8-35-19(15)26)5-2-10-3-6-12(7-4-10)27(32)33/h2-7,9,15,19H,8H2,1H3,(H2,22,23)(H,24,28)(H,30,31)/t15?,19-/m0/s1. The Hall–Kier alpha value is -4.24. The largest absolute Gasteiger partial charge is 0.477 e. The fraction of sp³-hybridized carbons (Fsp3) is 0.190. The van der Waals surface area contributed by atoms with Gasteiger partial charge in [0.05, 0.1) is 4.92 Å². The van der Waals surface area contributed by atoms with Gasteiger partial charge in [-0.15, -0.1) is 23.1 Å². The number of fused-ring (bicyclic) bond motifs is 1. The van der Waals surface area contributed by atoms with E-state index in [0.29, 0.717) is 11.1 Å². The van der Waals surface area contributed by atoms with Crippen molar-refractivity contribution in [1.29, 1.82) is 0 Å². The van der Waals surface area contributed by atoms with Crippen molar-refractivity contribution in [2.75, 3.05) is 18.6 Å². The van der Waals surface area contributed by atoms with Gasteiger partial charge in [0.2, 0.25) is 0 Å². The van der Waals surface area contributed by atoms with Gasteiger partial charge in [-0.1, -0.05) is 17.3 Å². The molecule has 0 aliphatic carbocycles. The summed E-state index contributed by atoms with van der Waals surface area (Å²) >= 11 is 2.39. The molecular weight excluding hydrogens is 512 g/mol. The molecule has 4 rings (SSSR count). The highest BCUT2D eigenvalue weighted by atomic mass is 32.2. The average Bonchev–Trinajstić information content (AvgIpc) is 3.29. The molecule has 4 N–H and O–H groups in total. The van der Waals surface area contributed by atoms with E-state index >= 15 is 0 Å². The van der Waals surface area contributed by atoms with E-state index < -0.39 is 34.1 Å². The van der Waals surface area contributed by atoms with Gasteiger partial charge < -0.3 is 21.0 Å². The van der Waals surface area contributed by atoms with Crippen LogP contribution in [0.1, 0.15) is 11.3 Å². The number of allylic oxidation sites excluding steroid dienone is 1. The monoisotopic (exact) mass is 530 g/mol. The molecule has 1 aromatic carbocycles. The third-order valence-corrected chi connectivity index (χ3v) is 7.21. The van der Waals surface area contributed by atoms with Gasteiger partial charge in [-0.25, -0.2) is 9.78 Å². The smallest absolute Gasteiger partial charge is 0.352 e. The number of nitro benzene ring substituents is 1. The minimum Gasteiger partial charge on any atom is -0.477 e. The number of hydrogen-bond acceptors (Lipinski definition) is 11.